The van der Waals surface area contributed by atoms with Crippen LogP contribution in [0.1, 0.15) is 5.56 Å². The Morgan fingerprint density at radius 3 is 2.67 bits per heavy atom. The van der Waals surface area contributed by atoms with Gasteiger partial charge in [0.05, 0.1) is 16.8 Å². The SMILES string of the molecule is O=S(=O)(Nc1ccncc1Br)c1cc(Br)cc(CO)c1F. The van der Waals surface area contributed by atoms with Crippen LogP contribution in [0.4, 0.5) is 10.1 Å². The zero-order valence-electron chi connectivity index (χ0n) is 10.3. The van der Waals surface area contributed by atoms with Crippen LogP contribution in [0.5, 0.6) is 0 Å². The molecule has 0 aliphatic heterocycles. The Balaban J connectivity index is 2.50. The molecule has 0 spiro atoms. The minimum atomic E-state index is -4.15. The Bertz CT molecular complexity index is 784. The van der Waals surface area contributed by atoms with Gasteiger partial charge in [0, 0.05) is 22.4 Å². The number of rotatable bonds is 4. The summed E-state index contributed by atoms with van der Waals surface area (Å²) in [5.41, 5.74) is 0.119. The standard InChI is InChI=1S/C12H9Br2FN2O3S/c13-8-3-7(6-18)12(15)11(4-8)21(19,20)17-10-1-2-16-5-9(10)14/h1-5,18H,6H2,(H,16,17). The van der Waals surface area contributed by atoms with Crippen molar-refractivity contribution in [1.82, 2.24) is 4.98 Å². The summed E-state index contributed by atoms with van der Waals surface area (Å²) in [7, 11) is -4.15. The second-order valence-electron chi connectivity index (χ2n) is 4.00. The highest BCUT2D eigenvalue weighted by atomic mass is 79.9. The van der Waals surface area contributed by atoms with E-state index in [9.17, 15) is 12.8 Å². The lowest BCUT2D eigenvalue weighted by atomic mass is 10.2. The molecule has 9 heteroatoms. The van der Waals surface area contributed by atoms with Crippen molar-refractivity contribution in [2.24, 2.45) is 0 Å². The third-order valence-corrected chi connectivity index (χ3v) is 5.01. The van der Waals surface area contributed by atoms with Gasteiger partial charge in [-0.3, -0.25) is 9.71 Å². The van der Waals surface area contributed by atoms with Gasteiger partial charge >= 0.3 is 0 Å². The van der Waals surface area contributed by atoms with Crippen LogP contribution in [-0.4, -0.2) is 18.5 Å². The fourth-order valence-electron chi connectivity index (χ4n) is 1.59. The average molecular weight is 440 g/mol. The van der Waals surface area contributed by atoms with Crippen molar-refractivity contribution < 1.29 is 17.9 Å². The molecule has 0 aliphatic rings. The smallest absolute Gasteiger partial charge is 0.264 e. The Kier molecular flexibility index (Phi) is 4.97. The maximum atomic E-state index is 14.1. The van der Waals surface area contributed by atoms with Gasteiger partial charge in [-0.2, -0.15) is 0 Å². The first-order valence-electron chi connectivity index (χ1n) is 5.56. The highest BCUT2D eigenvalue weighted by molar-refractivity contribution is 9.10. The summed E-state index contributed by atoms with van der Waals surface area (Å²) in [6.45, 7) is -0.604. The fourth-order valence-corrected chi connectivity index (χ4v) is 3.95. The third-order valence-electron chi connectivity index (χ3n) is 2.56. The lowest BCUT2D eigenvalue weighted by molar-refractivity contribution is 0.274. The van der Waals surface area contributed by atoms with E-state index in [1.54, 1.807) is 0 Å². The second-order valence-corrected chi connectivity index (χ2v) is 7.42. The number of sulfonamides is 1. The lowest BCUT2D eigenvalue weighted by Gasteiger charge is -2.12. The third kappa shape index (κ3) is 3.60. The molecular weight excluding hydrogens is 431 g/mol. The topological polar surface area (TPSA) is 79.3 Å². The number of hydrogen-bond donors (Lipinski definition) is 2. The predicted molar refractivity (Wildman–Crippen MR) is 82.8 cm³/mol. The van der Waals surface area contributed by atoms with Crippen LogP contribution < -0.4 is 4.72 Å². The molecule has 1 aromatic heterocycles. The molecule has 0 amide bonds. The van der Waals surface area contributed by atoms with Gasteiger partial charge in [-0.1, -0.05) is 15.9 Å². The Hall–Kier alpha value is -1.03. The molecule has 5 nitrogen and oxygen atoms in total. The number of nitrogens with zero attached hydrogens (tertiary/aromatic N) is 1. The van der Waals surface area contributed by atoms with Crippen LogP contribution in [0.25, 0.3) is 0 Å². The van der Waals surface area contributed by atoms with Crippen molar-refractivity contribution in [3.8, 4) is 0 Å². The van der Waals surface area contributed by atoms with Crippen LogP contribution in [0, 0.1) is 5.82 Å². The van der Waals surface area contributed by atoms with Crippen LogP contribution in [0.15, 0.2) is 44.4 Å². The average Bonchev–Trinajstić information content (AvgIpc) is 2.43. The van der Waals surface area contributed by atoms with Gasteiger partial charge in [0.1, 0.15) is 10.7 Å². The van der Waals surface area contributed by atoms with Crippen molar-refractivity contribution >= 4 is 47.6 Å². The van der Waals surface area contributed by atoms with Crippen molar-refractivity contribution in [3.63, 3.8) is 0 Å². The summed E-state index contributed by atoms with van der Waals surface area (Å²) in [6.07, 6.45) is 2.81. The van der Waals surface area contributed by atoms with E-state index in [-0.39, 0.29) is 11.3 Å². The quantitative estimate of drug-likeness (QED) is 0.767. The van der Waals surface area contributed by atoms with E-state index in [0.717, 1.165) is 6.07 Å². The monoisotopic (exact) mass is 438 g/mol. The van der Waals surface area contributed by atoms with Crippen LogP contribution >= 0.6 is 31.9 Å². The first kappa shape index (κ1) is 16.3. The van der Waals surface area contributed by atoms with Crippen LogP contribution in [-0.2, 0) is 16.6 Å². The number of halogens is 3. The molecule has 0 saturated carbocycles. The fraction of sp³-hybridized carbons (Fsp3) is 0.0833. The van der Waals surface area contributed by atoms with E-state index < -0.39 is 27.3 Å². The summed E-state index contributed by atoms with van der Waals surface area (Å²) in [5.74, 6) is -0.988. The Labute approximate surface area is 137 Å². The number of nitrogens with one attached hydrogen (secondary N) is 1. The minimum absolute atomic E-state index is 0.112. The molecule has 112 valence electrons. The number of aliphatic hydroxyl groups is 1. The molecule has 0 aliphatic carbocycles. The molecule has 2 N–H and O–H groups in total. The molecule has 1 aromatic carbocycles. The molecule has 2 aromatic rings. The summed E-state index contributed by atoms with van der Waals surface area (Å²) in [6, 6.07) is 3.88. The van der Waals surface area contributed by atoms with Gasteiger partial charge in [0.2, 0.25) is 0 Å². The van der Waals surface area contributed by atoms with Gasteiger partial charge in [0.25, 0.3) is 10.0 Å². The zero-order chi connectivity index (χ0) is 15.6. The maximum Gasteiger partial charge on any atom is 0.264 e. The molecule has 0 unspecified atom stereocenters. The number of aliphatic hydroxyl groups excluding tert-OH is 1. The maximum absolute atomic E-state index is 14.1. The number of aromatic nitrogens is 1. The molecule has 1 heterocycles. The van der Waals surface area contributed by atoms with Crippen molar-refractivity contribution in [2.75, 3.05) is 4.72 Å². The first-order chi connectivity index (χ1) is 9.85. The summed E-state index contributed by atoms with van der Waals surface area (Å²) < 4.78 is 41.8. The molecule has 0 fully saturated rings. The molecule has 2 rings (SSSR count). The van der Waals surface area contributed by atoms with E-state index in [1.165, 1.54) is 24.5 Å². The first-order valence-corrected chi connectivity index (χ1v) is 8.63. The van der Waals surface area contributed by atoms with Gasteiger partial charge in [0.15, 0.2) is 0 Å². The van der Waals surface area contributed by atoms with E-state index >= 15 is 0 Å². The number of benzene rings is 1. The van der Waals surface area contributed by atoms with E-state index in [0.29, 0.717) is 8.95 Å². The molecule has 0 radical (unpaired) electrons. The largest absolute Gasteiger partial charge is 0.392 e. The molecule has 0 atom stereocenters. The molecular formula is C12H9Br2FN2O3S. The highest BCUT2D eigenvalue weighted by Gasteiger charge is 2.23. The Morgan fingerprint density at radius 2 is 2.05 bits per heavy atom. The Morgan fingerprint density at radius 1 is 1.33 bits per heavy atom. The normalized spacial score (nSPS) is 11.4. The van der Waals surface area contributed by atoms with E-state index in [4.69, 9.17) is 5.11 Å². The van der Waals surface area contributed by atoms with Gasteiger partial charge < -0.3 is 5.11 Å². The molecule has 0 bridgehead atoms. The van der Waals surface area contributed by atoms with Crippen LogP contribution in [0.3, 0.4) is 0 Å². The van der Waals surface area contributed by atoms with Crippen LogP contribution in [0.2, 0.25) is 0 Å². The second kappa shape index (κ2) is 6.39. The van der Waals surface area contributed by atoms with Gasteiger partial charge in [-0.25, -0.2) is 12.8 Å². The van der Waals surface area contributed by atoms with E-state index in [2.05, 4.69) is 41.6 Å². The highest BCUT2D eigenvalue weighted by Crippen LogP contribution is 2.28. The molecule has 21 heavy (non-hydrogen) atoms. The van der Waals surface area contributed by atoms with Crippen molar-refractivity contribution in [2.45, 2.75) is 11.5 Å². The van der Waals surface area contributed by atoms with Crippen molar-refractivity contribution in [3.05, 3.63) is 50.9 Å². The number of hydrogen-bond acceptors (Lipinski definition) is 4. The summed E-state index contributed by atoms with van der Waals surface area (Å²) in [5, 5.41) is 9.08. The zero-order valence-corrected chi connectivity index (χ0v) is 14.3. The number of anilines is 1. The lowest BCUT2D eigenvalue weighted by Crippen LogP contribution is -2.16. The van der Waals surface area contributed by atoms with Gasteiger partial charge in [-0.05, 0) is 34.1 Å². The van der Waals surface area contributed by atoms with Crippen molar-refractivity contribution in [1.29, 1.82) is 0 Å². The summed E-state index contributed by atoms with van der Waals surface area (Å²) >= 11 is 6.24. The predicted octanol–water partition coefficient (Wildman–Crippen LogP) is 3.04. The summed E-state index contributed by atoms with van der Waals surface area (Å²) in [4.78, 5) is 3.26. The molecule has 0 saturated heterocycles. The van der Waals surface area contributed by atoms with E-state index in [1.807, 2.05) is 0 Å². The number of pyridine rings is 1. The minimum Gasteiger partial charge on any atom is -0.392 e. The van der Waals surface area contributed by atoms with Gasteiger partial charge in [-0.15, -0.1) is 0 Å².